The SMILES string of the molecule is CC=C(CCCCCCCCC)c1ccccc1Oc1ccccc1C(=CC)CCCCCCCCC. The van der Waals surface area contributed by atoms with Crippen molar-refractivity contribution < 1.29 is 4.74 Å². The molecule has 2 aromatic carbocycles. The van der Waals surface area contributed by atoms with Gasteiger partial charge in [0.1, 0.15) is 11.5 Å². The Morgan fingerprint density at radius 3 is 1.24 bits per heavy atom. The van der Waals surface area contributed by atoms with Crippen LogP contribution >= 0.6 is 0 Å². The minimum atomic E-state index is 0.970. The van der Waals surface area contributed by atoms with E-state index in [-0.39, 0.29) is 0 Å². The molecule has 0 spiro atoms. The number of hydrogen-bond donors (Lipinski definition) is 0. The number of rotatable bonds is 20. The molecule has 1 heteroatoms. The van der Waals surface area contributed by atoms with E-state index in [0.717, 1.165) is 24.3 Å². The Bertz CT molecular complexity index is 844. The first-order valence-electron chi connectivity index (χ1n) is 15.4. The van der Waals surface area contributed by atoms with Gasteiger partial charge in [0, 0.05) is 11.1 Å². The van der Waals surface area contributed by atoms with Crippen molar-refractivity contribution in [3.8, 4) is 11.5 Å². The highest BCUT2D eigenvalue weighted by Crippen LogP contribution is 2.37. The number of hydrogen-bond acceptors (Lipinski definition) is 1. The summed E-state index contributed by atoms with van der Waals surface area (Å²) in [6.07, 6.45) is 25.5. The van der Waals surface area contributed by atoms with Crippen LogP contribution in [0.25, 0.3) is 11.1 Å². The maximum absolute atomic E-state index is 6.67. The van der Waals surface area contributed by atoms with Gasteiger partial charge in [-0.25, -0.2) is 0 Å². The van der Waals surface area contributed by atoms with Crippen molar-refractivity contribution in [3.63, 3.8) is 0 Å². The van der Waals surface area contributed by atoms with Crippen LogP contribution in [0.5, 0.6) is 11.5 Å². The first-order valence-corrected chi connectivity index (χ1v) is 15.4. The lowest BCUT2D eigenvalue weighted by molar-refractivity contribution is 0.478. The molecule has 0 aliphatic rings. The van der Waals surface area contributed by atoms with Crippen molar-refractivity contribution in [1.82, 2.24) is 0 Å². The molecule has 0 saturated heterocycles. The van der Waals surface area contributed by atoms with Gasteiger partial charge in [-0.05, 0) is 62.8 Å². The molecule has 0 aliphatic carbocycles. The number of allylic oxidation sites excluding steroid dienone is 4. The molecule has 2 aromatic rings. The molecule has 0 unspecified atom stereocenters. The van der Waals surface area contributed by atoms with Crippen LogP contribution in [0.1, 0.15) is 142 Å². The second-order valence-corrected chi connectivity index (χ2v) is 10.5. The summed E-state index contributed by atoms with van der Waals surface area (Å²) in [6.45, 7) is 8.90. The molecule has 0 heterocycles. The van der Waals surface area contributed by atoms with Gasteiger partial charge < -0.3 is 4.74 Å². The molecule has 37 heavy (non-hydrogen) atoms. The average Bonchev–Trinajstić information content (AvgIpc) is 2.93. The molecule has 0 radical (unpaired) electrons. The largest absolute Gasteiger partial charge is 0.456 e. The number of benzene rings is 2. The van der Waals surface area contributed by atoms with Gasteiger partial charge in [-0.1, -0.05) is 139 Å². The van der Waals surface area contributed by atoms with Crippen LogP contribution in [0.4, 0.5) is 0 Å². The summed E-state index contributed by atoms with van der Waals surface area (Å²) in [4.78, 5) is 0. The van der Waals surface area contributed by atoms with Crippen LogP contribution in [-0.2, 0) is 0 Å². The Hall–Kier alpha value is -2.28. The summed E-state index contributed by atoms with van der Waals surface area (Å²) >= 11 is 0. The van der Waals surface area contributed by atoms with Gasteiger partial charge in [-0.15, -0.1) is 0 Å². The van der Waals surface area contributed by atoms with Crippen molar-refractivity contribution in [1.29, 1.82) is 0 Å². The highest BCUT2D eigenvalue weighted by atomic mass is 16.5. The summed E-state index contributed by atoms with van der Waals surface area (Å²) in [7, 11) is 0. The quantitative estimate of drug-likeness (QED) is 0.164. The van der Waals surface area contributed by atoms with Gasteiger partial charge in [-0.3, -0.25) is 0 Å². The Morgan fingerprint density at radius 1 is 0.514 bits per heavy atom. The van der Waals surface area contributed by atoms with E-state index in [0.29, 0.717) is 0 Å². The summed E-state index contributed by atoms with van der Waals surface area (Å²) < 4.78 is 6.67. The van der Waals surface area contributed by atoms with Crippen LogP contribution in [0.2, 0.25) is 0 Å². The molecule has 204 valence electrons. The van der Waals surface area contributed by atoms with E-state index in [1.165, 1.54) is 112 Å². The lowest BCUT2D eigenvalue weighted by Gasteiger charge is -2.17. The molecule has 0 aromatic heterocycles. The first-order chi connectivity index (χ1) is 18.2. The molecular formula is C36H54O. The minimum Gasteiger partial charge on any atom is -0.456 e. The van der Waals surface area contributed by atoms with Crippen molar-refractivity contribution in [2.45, 2.75) is 130 Å². The molecule has 0 aliphatic heterocycles. The van der Waals surface area contributed by atoms with Crippen molar-refractivity contribution in [2.24, 2.45) is 0 Å². The summed E-state index contributed by atoms with van der Waals surface area (Å²) in [6, 6.07) is 17.2. The van der Waals surface area contributed by atoms with E-state index in [1.807, 2.05) is 0 Å². The van der Waals surface area contributed by atoms with E-state index in [1.54, 1.807) is 0 Å². The van der Waals surface area contributed by atoms with Crippen LogP contribution in [0, 0.1) is 0 Å². The molecule has 2 rings (SSSR count). The Morgan fingerprint density at radius 2 is 0.865 bits per heavy atom. The minimum absolute atomic E-state index is 0.970. The molecule has 0 amide bonds. The van der Waals surface area contributed by atoms with Gasteiger partial charge in [0.25, 0.3) is 0 Å². The molecule has 0 bridgehead atoms. The normalized spacial score (nSPS) is 12.2. The van der Waals surface area contributed by atoms with E-state index in [9.17, 15) is 0 Å². The fourth-order valence-corrected chi connectivity index (χ4v) is 5.17. The fraction of sp³-hybridized carbons (Fsp3) is 0.556. The Labute approximate surface area is 229 Å². The average molecular weight is 503 g/mol. The van der Waals surface area contributed by atoms with E-state index < -0.39 is 0 Å². The lowest BCUT2D eigenvalue weighted by atomic mass is 9.97. The maximum Gasteiger partial charge on any atom is 0.134 e. The monoisotopic (exact) mass is 502 g/mol. The van der Waals surface area contributed by atoms with Crippen LogP contribution in [0.3, 0.4) is 0 Å². The van der Waals surface area contributed by atoms with Gasteiger partial charge in [0.15, 0.2) is 0 Å². The zero-order chi connectivity index (χ0) is 26.6. The van der Waals surface area contributed by atoms with E-state index >= 15 is 0 Å². The van der Waals surface area contributed by atoms with E-state index in [4.69, 9.17) is 4.74 Å². The van der Waals surface area contributed by atoms with Crippen LogP contribution < -0.4 is 4.74 Å². The van der Waals surface area contributed by atoms with Gasteiger partial charge in [-0.2, -0.15) is 0 Å². The summed E-state index contributed by atoms with van der Waals surface area (Å²) in [5, 5.41) is 0. The van der Waals surface area contributed by atoms with Gasteiger partial charge >= 0.3 is 0 Å². The summed E-state index contributed by atoms with van der Waals surface area (Å²) in [5.74, 6) is 1.94. The highest BCUT2D eigenvalue weighted by molar-refractivity contribution is 5.73. The second kappa shape index (κ2) is 19.8. The molecule has 1 nitrogen and oxygen atoms in total. The molecular weight excluding hydrogens is 448 g/mol. The fourth-order valence-electron chi connectivity index (χ4n) is 5.17. The zero-order valence-corrected chi connectivity index (χ0v) is 24.5. The Kier molecular flexibility index (Phi) is 16.5. The van der Waals surface area contributed by atoms with Gasteiger partial charge in [0.05, 0.1) is 0 Å². The first kappa shape index (κ1) is 30.9. The maximum atomic E-state index is 6.67. The number of ether oxygens (including phenoxy) is 1. The lowest BCUT2D eigenvalue weighted by Crippen LogP contribution is -1.96. The smallest absolute Gasteiger partial charge is 0.134 e. The second-order valence-electron chi connectivity index (χ2n) is 10.5. The number of para-hydroxylation sites is 2. The third-order valence-electron chi connectivity index (χ3n) is 7.48. The predicted octanol–water partition coefficient (Wildman–Crippen LogP) is 12.6. The van der Waals surface area contributed by atoms with Crippen molar-refractivity contribution in [2.75, 3.05) is 0 Å². The third-order valence-corrected chi connectivity index (χ3v) is 7.48. The topological polar surface area (TPSA) is 9.23 Å². The van der Waals surface area contributed by atoms with Gasteiger partial charge in [0.2, 0.25) is 0 Å². The Balaban J connectivity index is 2.02. The molecule has 0 atom stereocenters. The number of unbranched alkanes of at least 4 members (excludes halogenated alkanes) is 12. The van der Waals surface area contributed by atoms with E-state index in [2.05, 4.69) is 88.4 Å². The van der Waals surface area contributed by atoms with Crippen LogP contribution in [0.15, 0.2) is 60.7 Å². The van der Waals surface area contributed by atoms with Crippen LogP contribution in [-0.4, -0.2) is 0 Å². The molecule has 0 fully saturated rings. The van der Waals surface area contributed by atoms with Crippen molar-refractivity contribution >= 4 is 11.1 Å². The summed E-state index contributed by atoms with van der Waals surface area (Å²) in [5.41, 5.74) is 5.27. The van der Waals surface area contributed by atoms with Crippen molar-refractivity contribution in [3.05, 3.63) is 71.8 Å². The predicted molar refractivity (Wildman–Crippen MR) is 165 cm³/mol. The zero-order valence-electron chi connectivity index (χ0n) is 24.5. The molecule has 0 saturated carbocycles. The highest BCUT2D eigenvalue weighted by Gasteiger charge is 2.13. The molecule has 0 N–H and O–H groups in total. The standard InChI is InChI=1S/C36H54O/c1-5-9-11-13-15-17-19-25-31(7-3)33-27-21-23-29-35(33)37-36-30-24-22-28-34(36)32(8-4)26-20-18-16-14-12-10-6-2/h7-8,21-24,27-30H,5-6,9-20,25-26H2,1-4H3. The third kappa shape index (κ3) is 11.8.